The number of rotatable bonds is 0. The second kappa shape index (κ2) is 9.22. The van der Waals surface area contributed by atoms with E-state index in [1.165, 1.54) is 25.3 Å². The summed E-state index contributed by atoms with van der Waals surface area (Å²) in [6, 6.07) is 0. The van der Waals surface area contributed by atoms with Crippen molar-refractivity contribution in [3.63, 3.8) is 0 Å². The van der Waals surface area contributed by atoms with Crippen LogP contribution in [-0.2, 0) is 16.8 Å². The van der Waals surface area contributed by atoms with Crippen LogP contribution in [0.15, 0.2) is 36.0 Å². The molecule has 0 aromatic carbocycles. The maximum absolute atomic E-state index is 11.6. The topological polar surface area (TPSA) is 0 Å². The molecule has 18 heavy (non-hydrogen) atoms. The van der Waals surface area contributed by atoms with Crippen LogP contribution in [0.5, 0.6) is 0 Å². The summed E-state index contributed by atoms with van der Waals surface area (Å²) >= 11 is 0. The van der Waals surface area contributed by atoms with Gasteiger partial charge in [0.2, 0.25) is 0 Å². The molecule has 2 aliphatic carbocycles. The molecule has 0 aromatic heterocycles. The fourth-order valence-electron chi connectivity index (χ4n) is 1.40. The van der Waals surface area contributed by atoms with E-state index in [1.54, 1.807) is 0 Å². The molecule has 0 aliphatic heterocycles. The molecule has 2 aliphatic rings. The Morgan fingerprint density at radius 3 is 2.44 bits per heavy atom. The Kier molecular flexibility index (Phi) is 8.84. The molecule has 0 nitrogen and oxygen atoms in total. The molecule has 0 amide bonds. The molecule has 0 heterocycles. The van der Waals surface area contributed by atoms with Gasteiger partial charge in [-0.05, 0) is 0 Å². The van der Waals surface area contributed by atoms with E-state index >= 15 is 0 Å². The maximum Gasteiger partial charge on any atom is 2.00 e. The van der Waals surface area contributed by atoms with Gasteiger partial charge in [0, 0.05) is 0 Å². The molecule has 0 aromatic rings. The van der Waals surface area contributed by atoms with E-state index in [-0.39, 0.29) is 23.2 Å². The van der Waals surface area contributed by atoms with Crippen LogP contribution in [0.4, 0.5) is 13.2 Å². The Balaban J connectivity index is 0.000000306. The van der Waals surface area contributed by atoms with E-state index in [4.69, 9.17) is 0 Å². The first kappa shape index (κ1) is 17.3. The van der Waals surface area contributed by atoms with Gasteiger partial charge in [-0.3, -0.25) is 12.2 Å². The number of halogens is 3. The second-order valence-corrected chi connectivity index (χ2v) is 3.74. The van der Waals surface area contributed by atoms with Gasteiger partial charge in [-0.1, -0.05) is 19.3 Å². The van der Waals surface area contributed by atoms with Crippen molar-refractivity contribution in [2.45, 2.75) is 38.3 Å². The molecule has 0 bridgehead atoms. The summed E-state index contributed by atoms with van der Waals surface area (Å²) in [4.78, 5) is 0. The van der Waals surface area contributed by atoms with Crippen molar-refractivity contribution in [3.05, 3.63) is 48.1 Å². The maximum atomic E-state index is 11.6. The van der Waals surface area contributed by atoms with E-state index in [2.05, 4.69) is 24.3 Å². The molecule has 101 valence electrons. The first-order valence-corrected chi connectivity index (χ1v) is 5.67. The van der Waals surface area contributed by atoms with Gasteiger partial charge in [0.05, 0.1) is 0 Å². The second-order valence-electron chi connectivity index (χ2n) is 3.74. The molecule has 0 unspecified atom stereocenters. The van der Waals surface area contributed by atoms with Gasteiger partial charge in [0.25, 0.3) is 0 Å². The number of hydrogen-bond acceptors (Lipinski definition) is 0. The average molecular weight is 299 g/mol. The van der Waals surface area contributed by atoms with Gasteiger partial charge >= 0.3 is 23.0 Å². The summed E-state index contributed by atoms with van der Waals surface area (Å²) in [5.41, 5.74) is -0.650. The monoisotopic (exact) mass is 299 g/mol. The first-order valence-electron chi connectivity index (χ1n) is 5.67. The summed E-state index contributed by atoms with van der Waals surface area (Å²) in [5.74, 6) is 0. The zero-order valence-electron chi connectivity index (χ0n) is 9.89. The van der Waals surface area contributed by atoms with Crippen LogP contribution in [0.1, 0.15) is 32.1 Å². The number of alkyl halides is 3. The molecule has 0 atom stereocenters. The van der Waals surface area contributed by atoms with Crippen LogP contribution in [-0.4, -0.2) is 6.18 Å². The minimum Gasteiger partial charge on any atom is -0.275 e. The number of allylic oxidation sites excluding steroid dienone is 8. The molecule has 0 saturated heterocycles. The summed E-state index contributed by atoms with van der Waals surface area (Å²) in [6.07, 6.45) is 15.2. The van der Waals surface area contributed by atoms with E-state index < -0.39 is 11.7 Å². The Labute approximate surface area is 117 Å². The smallest absolute Gasteiger partial charge is 0.275 e. The fraction of sp³-hybridized carbons (Fsp3) is 0.429. The minimum atomic E-state index is -4.20. The predicted molar refractivity (Wildman–Crippen MR) is 62.0 cm³/mol. The van der Waals surface area contributed by atoms with Crippen LogP contribution >= 0.6 is 0 Å². The van der Waals surface area contributed by atoms with E-state index in [9.17, 15) is 13.2 Å². The Morgan fingerprint density at radius 2 is 1.89 bits per heavy atom. The zero-order valence-corrected chi connectivity index (χ0v) is 10.9. The fourth-order valence-corrected chi connectivity index (χ4v) is 1.40. The van der Waals surface area contributed by atoms with Crippen molar-refractivity contribution >= 4 is 0 Å². The molecular weight excluding hydrogens is 284 g/mol. The van der Waals surface area contributed by atoms with Gasteiger partial charge in [0.15, 0.2) is 0 Å². The van der Waals surface area contributed by atoms with Crippen molar-refractivity contribution in [3.8, 4) is 0 Å². The molecular formula is C14H15CoF3. The van der Waals surface area contributed by atoms with E-state index in [0.29, 0.717) is 0 Å². The van der Waals surface area contributed by atoms with Crippen molar-refractivity contribution in [2.24, 2.45) is 0 Å². The van der Waals surface area contributed by atoms with Crippen molar-refractivity contribution in [1.82, 2.24) is 0 Å². The predicted octanol–water partition coefficient (Wildman–Crippen LogP) is 4.71. The third-order valence-corrected chi connectivity index (χ3v) is 2.29. The van der Waals surface area contributed by atoms with Crippen LogP contribution in [0.25, 0.3) is 0 Å². The summed E-state index contributed by atoms with van der Waals surface area (Å²) in [7, 11) is 0. The molecule has 4 heteroatoms. The molecule has 0 saturated carbocycles. The molecule has 0 N–H and O–H groups in total. The Morgan fingerprint density at radius 1 is 1.11 bits per heavy atom. The Hall–Kier alpha value is -0.744. The van der Waals surface area contributed by atoms with Crippen LogP contribution < -0.4 is 0 Å². The molecule has 1 radical (unpaired) electrons. The number of hydrogen-bond donors (Lipinski definition) is 0. The summed E-state index contributed by atoms with van der Waals surface area (Å²) in [6.45, 7) is 0. The van der Waals surface area contributed by atoms with Crippen LogP contribution in [0.2, 0.25) is 0 Å². The van der Waals surface area contributed by atoms with Gasteiger partial charge in [-0.25, -0.2) is 18.2 Å². The quantitative estimate of drug-likeness (QED) is 0.568. The zero-order chi connectivity index (χ0) is 12.6. The first-order chi connectivity index (χ1) is 8.11. The van der Waals surface area contributed by atoms with Crippen molar-refractivity contribution in [1.29, 1.82) is 0 Å². The SMILES string of the molecule is FC(F)(F)C1=[C-]CC=C1.[C-]1=CC=CCCCC1.[Co+2]. The standard InChI is InChI=1S/C8H11.C6H4F3.Co/c1-2-4-6-8-7-5-3-1;7-6(8,9)5-3-1-2-4-5;/h1-3H,4,6-8H2;1,3H,2H2;/q2*-1;+2. The summed E-state index contributed by atoms with van der Waals surface area (Å²) < 4.78 is 34.8. The molecule has 2 rings (SSSR count). The Bertz CT molecular complexity index is 321. The van der Waals surface area contributed by atoms with Gasteiger partial charge in [-0.15, -0.1) is 18.4 Å². The van der Waals surface area contributed by atoms with Gasteiger partial charge in [-0.2, -0.15) is 25.3 Å². The summed E-state index contributed by atoms with van der Waals surface area (Å²) in [5, 5.41) is 0. The van der Waals surface area contributed by atoms with Crippen LogP contribution in [0, 0.1) is 12.2 Å². The van der Waals surface area contributed by atoms with Gasteiger partial charge < -0.3 is 0 Å². The largest absolute Gasteiger partial charge is 2.00 e. The van der Waals surface area contributed by atoms with E-state index in [0.717, 1.165) is 12.5 Å². The van der Waals surface area contributed by atoms with Gasteiger partial charge in [0.1, 0.15) is 0 Å². The molecule has 0 spiro atoms. The molecule has 0 fully saturated rings. The van der Waals surface area contributed by atoms with Crippen molar-refractivity contribution < 1.29 is 30.0 Å². The average Bonchev–Trinajstić information content (AvgIpc) is 2.68. The third-order valence-electron chi connectivity index (χ3n) is 2.29. The minimum absolute atomic E-state index is 0. The third kappa shape index (κ3) is 7.56. The van der Waals surface area contributed by atoms with Crippen molar-refractivity contribution in [2.75, 3.05) is 0 Å². The normalized spacial score (nSPS) is 18.1. The van der Waals surface area contributed by atoms with E-state index in [1.807, 2.05) is 6.08 Å². The van der Waals surface area contributed by atoms with Crippen LogP contribution in [0.3, 0.4) is 0 Å².